The predicted octanol–water partition coefficient (Wildman–Crippen LogP) is 6.40. The van der Waals surface area contributed by atoms with Crippen molar-refractivity contribution in [1.82, 2.24) is 0 Å². The van der Waals surface area contributed by atoms with Crippen molar-refractivity contribution in [1.29, 1.82) is 0 Å². The summed E-state index contributed by atoms with van der Waals surface area (Å²) in [6.07, 6.45) is 18.2. The highest BCUT2D eigenvalue weighted by molar-refractivity contribution is 5.69. The second-order valence-corrected chi connectivity index (χ2v) is 10.9. The van der Waals surface area contributed by atoms with Crippen molar-refractivity contribution in [3.8, 4) is 0 Å². The third-order valence-corrected chi connectivity index (χ3v) is 9.86. The van der Waals surface area contributed by atoms with Gasteiger partial charge in [-0.25, -0.2) is 0 Å². The summed E-state index contributed by atoms with van der Waals surface area (Å²) >= 11 is 0. The van der Waals surface area contributed by atoms with Crippen LogP contribution in [0.5, 0.6) is 0 Å². The van der Waals surface area contributed by atoms with Crippen LogP contribution in [0, 0.1) is 46.3 Å². The number of carbonyl (C=O) groups excluding carboxylic acids is 1. The third-order valence-electron chi connectivity index (χ3n) is 9.86. The van der Waals surface area contributed by atoms with Gasteiger partial charge in [0.25, 0.3) is 0 Å². The average Bonchev–Trinajstić information content (AvgIpc) is 3.02. The molecule has 152 valence electrons. The van der Waals surface area contributed by atoms with Gasteiger partial charge in [-0.1, -0.05) is 45.8 Å². The van der Waals surface area contributed by atoms with E-state index in [1.807, 2.05) is 0 Å². The molecule has 4 aliphatic carbocycles. The van der Waals surface area contributed by atoms with Crippen molar-refractivity contribution < 1.29 is 9.53 Å². The molecule has 0 heterocycles. The van der Waals surface area contributed by atoms with Gasteiger partial charge in [0.05, 0.1) is 7.11 Å². The molecule has 3 saturated carbocycles. The first-order chi connectivity index (χ1) is 12.9. The fourth-order valence-electron chi connectivity index (χ4n) is 8.28. The lowest BCUT2D eigenvalue weighted by atomic mass is 9.46. The van der Waals surface area contributed by atoms with Gasteiger partial charge in [0.1, 0.15) is 0 Å². The van der Waals surface area contributed by atoms with Crippen LogP contribution in [0.2, 0.25) is 0 Å². The van der Waals surface area contributed by atoms with Gasteiger partial charge in [-0.15, -0.1) is 0 Å². The lowest BCUT2D eigenvalue weighted by Crippen LogP contribution is -2.51. The molecule has 3 fully saturated rings. The van der Waals surface area contributed by atoms with Crippen molar-refractivity contribution in [3.63, 3.8) is 0 Å². The monoisotopic (exact) mass is 372 g/mol. The van der Waals surface area contributed by atoms with Gasteiger partial charge in [-0.3, -0.25) is 4.79 Å². The summed E-state index contributed by atoms with van der Waals surface area (Å²) in [6.45, 7) is 7.62. The Morgan fingerprint density at radius 1 is 1.04 bits per heavy atom. The zero-order valence-electron chi connectivity index (χ0n) is 18.0. The van der Waals surface area contributed by atoms with Crippen LogP contribution in [0.4, 0.5) is 0 Å². The van der Waals surface area contributed by atoms with Crippen LogP contribution in [0.1, 0.15) is 85.0 Å². The standard InChI is InChI=1S/C25H40O2/c1-17(8-13-23(26)27-4)20-11-12-21-19-10-9-18-7-5-6-15-24(18,2)22(19)14-16-25(20,21)3/h9-10,17-22H,5-8,11-16H2,1-4H3/t17-,18+,19+,20+,21-,22+,24-,25+/m0/s1. The molecule has 0 aliphatic heterocycles. The quantitative estimate of drug-likeness (QED) is 0.421. The highest BCUT2D eigenvalue weighted by Gasteiger charge is 2.58. The zero-order valence-corrected chi connectivity index (χ0v) is 18.0. The highest BCUT2D eigenvalue weighted by atomic mass is 16.5. The average molecular weight is 373 g/mol. The van der Waals surface area contributed by atoms with Crippen molar-refractivity contribution in [2.24, 2.45) is 46.3 Å². The minimum Gasteiger partial charge on any atom is -0.469 e. The lowest BCUT2D eigenvalue weighted by molar-refractivity contribution is -0.141. The number of hydrogen-bond donors (Lipinski definition) is 0. The number of hydrogen-bond acceptors (Lipinski definition) is 2. The minimum atomic E-state index is -0.0447. The van der Waals surface area contributed by atoms with Crippen LogP contribution in [-0.2, 0) is 9.53 Å². The molecule has 2 heteroatoms. The zero-order chi connectivity index (χ0) is 19.2. The van der Waals surface area contributed by atoms with E-state index in [0.29, 0.717) is 23.2 Å². The molecule has 4 rings (SSSR count). The number of ether oxygens (including phenoxy) is 1. The van der Waals surface area contributed by atoms with Crippen molar-refractivity contribution in [2.45, 2.75) is 85.0 Å². The van der Waals surface area contributed by atoms with E-state index in [1.54, 1.807) is 0 Å². The summed E-state index contributed by atoms with van der Waals surface area (Å²) in [7, 11) is 1.51. The van der Waals surface area contributed by atoms with Gasteiger partial charge in [0.15, 0.2) is 0 Å². The Morgan fingerprint density at radius 2 is 1.81 bits per heavy atom. The molecule has 0 unspecified atom stereocenters. The van der Waals surface area contributed by atoms with E-state index >= 15 is 0 Å². The third kappa shape index (κ3) is 3.10. The summed E-state index contributed by atoms with van der Waals surface area (Å²) in [5.41, 5.74) is 1.03. The molecule has 4 aliphatic rings. The minimum absolute atomic E-state index is 0.0447. The van der Waals surface area contributed by atoms with Crippen LogP contribution in [0.15, 0.2) is 12.2 Å². The molecule has 0 amide bonds. The number of fused-ring (bicyclic) bond motifs is 5. The second kappa shape index (κ2) is 7.23. The predicted molar refractivity (Wildman–Crippen MR) is 110 cm³/mol. The van der Waals surface area contributed by atoms with Gasteiger partial charge in [0.2, 0.25) is 0 Å². The van der Waals surface area contributed by atoms with Gasteiger partial charge < -0.3 is 4.74 Å². The number of methoxy groups -OCH3 is 1. The first kappa shape index (κ1) is 19.5. The van der Waals surface area contributed by atoms with Crippen LogP contribution in [-0.4, -0.2) is 13.1 Å². The molecule has 0 radical (unpaired) electrons. The van der Waals surface area contributed by atoms with E-state index in [4.69, 9.17) is 4.74 Å². The van der Waals surface area contributed by atoms with Gasteiger partial charge in [-0.2, -0.15) is 0 Å². The van der Waals surface area contributed by atoms with Gasteiger partial charge in [-0.05, 0) is 91.3 Å². The van der Waals surface area contributed by atoms with E-state index in [-0.39, 0.29) is 5.97 Å². The van der Waals surface area contributed by atoms with E-state index in [0.717, 1.165) is 36.0 Å². The Morgan fingerprint density at radius 3 is 2.59 bits per heavy atom. The molecule has 0 saturated heterocycles. The topological polar surface area (TPSA) is 26.3 Å². The highest BCUT2D eigenvalue weighted by Crippen LogP contribution is 2.66. The fraction of sp³-hybridized carbons (Fsp3) is 0.880. The molecular weight excluding hydrogens is 332 g/mol. The van der Waals surface area contributed by atoms with Crippen molar-refractivity contribution in [3.05, 3.63) is 12.2 Å². The summed E-state index contributed by atoms with van der Waals surface area (Å²) in [4.78, 5) is 11.6. The molecule has 0 N–H and O–H groups in total. The second-order valence-electron chi connectivity index (χ2n) is 10.9. The Kier molecular flexibility index (Phi) is 5.23. The fourth-order valence-corrected chi connectivity index (χ4v) is 8.28. The Hall–Kier alpha value is -0.790. The molecular formula is C25H40O2. The van der Waals surface area contributed by atoms with E-state index < -0.39 is 0 Å². The maximum atomic E-state index is 11.6. The SMILES string of the molecule is COC(=O)CC[C@H](C)[C@H]1CC[C@H]2[C@H]3C=C[C@H]4CCCC[C@]4(C)[C@@H]3CC[C@]12C. The molecule has 0 aromatic heterocycles. The Bertz CT molecular complexity index is 595. The summed E-state index contributed by atoms with van der Waals surface area (Å²) in [5, 5.41) is 0. The van der Waals surface area contributed by atoms with Crippen LogP contribution in [0.3, 0.4) is 0 Å². The number of esters is 1. The summed E-state index contributed by atoms with van der Waals surface area (Å²) < 4.78 is 4.88. The maximum absolute atomic E-state index is 11.6. The maximum Gasteiger partial charge on any atom is 0.305 e. The van der Waals surface area contributed by atoms with Gasteiger partial charge >= 0.3 is 5.97 Å². The van der Waals surface area contributed by atoms with Crippen molar-refractivity contribution >= 4 is 5.97 Å². The molecule has 8 atom stereocenters. The van der Waals surface area contributed by atoms with Crippen molar-refractivity contribution in [2.75, 3.05) is 7.11 Å². The number of carbonyl (C=O) groups is 1. The van der Waals surface area contributed by atoms with Gasteiger partial charge in [0, 0.05) is 6.42 Å². The van der Waals surface area contributed by atoms with Crippen LogP contribution >= 0.6 is 0 Å². The summed E-state index contributed by atoms with van der Waals surface area (Å²) in [6, 6.07) is 0. The number of allylic oxidation sites excluding steroid dienone is 2. The smallest absolute Gasteiger partial charge is 0.305 e. The Labute approximate surface area is 166 Å². The first-order valence-electron chi connectivity index (χ1n) is 11.7. The largest absolute Gasteiger partial charge is 0.469 e. The molecule has 0 bridgehead atoms. The molecule has 0 aromatic rings. The van der Waals surface area contributed by atoms with E-state index in [9.17, 15) is 4.79 Å². The Balaban J connectivity index is 1.52. The normalized spacial score (nSPS) is 46.9. The molecule has 0 aromatic carbocycles. The number of rotatable bonds is 4. The lowest BCUT2D eigenvalue weighted by Gasteiger charge is -2.58. The molecule has 0 spiro atoms. The van der Waals surface area contributed by atoms with Crippen LogP contribution < -0.4 is 0 Å². The molecule has 27 heavy (non-hydrogen) atoms. The first-order valence-corrected chi connectivity index (χ1v) is 11.7. The van der Waals surface area contributed by atoms with E-state index in [1.165, 1.54) is 58.5 Å². The van der Waals surface area contributed by atoms with Crippen LogP contribution in [0.25, 0.3) is 0 Å². The summed E-state index contributed by atoms with van der Waals surface area (Å²) in [5.74, 6) is 4.78. The molecule has 2 nitrogen and oxygen atoms in total. The van der Waals surface area contributed by atoms with E-state index in [2.05, 4.69) is 32.9 Å².